The van der Waals surface area contributed by atoms with Crippen LogP contribution < -0.4 is 0 Å². The van der Waals surface area contributed by atoms with Crippen LogP contribution in [0.1, 0.15) is 30.5 Å². The van der Waals surface area contributed by atoms with Crippen molar-refractivity contribution in [1.82, 2.24) is 14.8 Å². The van der Waals surface area contributed by atoms with Crippen LogP contribution in [0, 0.1) is 0 Å². The molecule has 1 saturated heterocycles. The molecule has 7 nitrogen and oxygen atoms in total. The minimum absolute atomic E-state index is 0.119. The largest absolute Gasteiger partial charge is 0.450 e. The smallest absolute Gasteiger partial charge is 0.409 e. The van der Waals surface area contributed by atoms with E-state index in [0.29, 0.717) is 49.3 Å². The Morgan fingerprint density at radius 2 is 1.67 bits per heavy atom. The molecule has 0 radical (unpaired) electrons. The summed E-state index contributed by atoms with van der Waals surface area (Å²) in [4.78, 5) is 29.0. The first-order valence-corrected chi connectivity index (χ1v) is 11.8. The number of halogens is 2. The molecule has 2 aliphatic heterocycles. The topological polar surface area (TPSA) is 65.5 Å². The van der Waals surface area contributed by atoms with Crippen LogP contribution in [0.25, 0.3) is 0 Å². The van der Waals surface area contributed by atoms with Crippen LogP contribution in [0.4, 0.5) is 4.79 Å². The molecule has 33 heavy (non-hydrogen) atoms. The summed E-state index contributed by atoms with van der Waals surface area (Å²) in [5, 5.41) is 7.43. The van der Waals surface area contributed by atoms with Gasteiger partial charge in [-0.2, -0.15) is 5.10 Å². The summed E-state index contributed by atoms with van der Waals surface area (Å²) in [6, 6.07) is 14.7. The second-order valence-electron chi connectivity index (χ2n) is 7.97. The van der Waals surface area contributed by atoms with E-state index in [1.54, 1.807) is 11.8 Å². The number of hydrogen-bond acceptors (Lipinski definition) is 5. The molecule has 1 fully saturated rings. The molecule has 2 aromatic rings. The normalized spacial score (nSPS) is 18.9. The summed E-state index contributed by atoms with van der Waals surface area (Å²) in [6.45, 7) is 4.57. The summed E-state index contributed by atoms with van der Waals surface area (Å²) < 4.78 is 5.07. The van der Waals surface area contributed by atoms with E-state index in [2.05, 4.69) is 0 Å². The number of ether oxygens (including phenoxy) is 1. The van der Waals surface area contributed by atoms with Crippen LogP contribution in [0.2, 0.25) is 10.0 Å². The molecule has 2 aliphatic rings. The van der Waals surface area contributed by atoms with Gasteiger partial charge in [0.2, 0.25) is 0 Å². The zero-order chi connectivity index (χ0) is 23.4. The average Bonchev–Trinajstić information content (AvgIpc) is 3.25. The Hall–Kier alpha value is -2.61. The van der Waals surface area contributed by atoms with Crippen LogP contribution in [-0.4, -0.2) is 71.9 Å². The lowest BCUT2D eigenvalue weighted by molar-refractivity contribution is -0.134. The Morgan fingerprint density at radius 1 is 1.00 bits per heavy atom. The van der Waals surface area contributed by atoms with Gasteiger partial charge in [-0.3, -0.25) is 9.69 Å². The summed E-state index contributed by atoms with van der Waals surface area (Å²) in [5.74, 6) is -0.119. The van der Waals surface area contributed by atoms with Crippen molar-refractivity contribution in [3.63, 3.8) is 0 Å². The number of carbonyl (C=O) groups is 2. The predicted molar refractivity (Wildman–Crippen MR) is 129 cm³/mol. The molecule has 2 heterocycles. The van der Waals surface area contributed by atoms with Gasteiger partial charge in [0.15, 0.2) is 0 Å². The molecule has 1 atom stereocenters. The number of hydrogen-bond donors (Lipinski definition) is 0. The third kappa shape index (κ3) is 5.32. The van der Waals surface area contributed by atoms with Crippen molar-refractivity contribution in [1.29, 1.82) is 0 Å². The fraction of sp³-hybridized carbons (Fsp3) is 0.375. The Kier molecular flexibility index (Phi) is 7.53. The van der Waals surface area contributed by atoms with Gasteiger partial charge in [-0.05, 0) is 24.6 Å². The van der Waals surface area contributed by atoms with E-state index in [1.165, 1.54) is 5.01 Å². The van der Waals surface area contributed by atoms with E-state index in [9.17, 15) is 9.59 Å². The number of amides is 2. The maximum atomic E-state index is 13.4. The van der Waals surface area contributed by atoms with Gasteiger partial charge in [0.25, 0.3) is 5.91 Å². The lowest BCUT2D eigenvalue weighted by Gasteiger charge is -2.34. The minimum Gasteiger partial charge on any atom is -0.450 e. The van der Waals surface area contributed by atoms with Crippen LogP contribution in [0.15, 0.2) is 53.6 Å². The van der Waals surface area contributed by atoms with E-state index in [-0.39, 0.29) is 24.6 Å². The van der Waals surface area contributed by atoms with E-state index >= 15 is 0 Å². The molecule has 9 heteroatoms. The van der Waals surface area contributed by atoms with Crippen molar-refractivity contribution in [2.24, 2.45) is 5.10 Å². The van der Waals surface area contributed by atoms with E-state index < -0.39 is 0 Å². The first kappa shape index (κ1) is 23.5. The standard InChI is InChI=1S/C24H26Cl2N4O3/c1-2-33-24(32)29-13-11-28(12-14-29)16-23(31)30-22(18-8-4-6-10-20(18)26)15-21(27-30)17-7-3-5-9-19(17)25/h3-10,22H,2,11-16H2,1H3/t22-/m1/s1. The highest BCUT2D eigenvalue weighted by Crippen LogP contribution is 2.37. The molecule has 0 bridgehead atoms. The Morgan fingerprint density at radius 3 is 2.33 bits per heavy atom. The zero-order valence-electron chi connectivity index (χ0n) is 18.4. The second-order valence-corrected chi connectivity index (χ2v) is 8.78. The molecular formula is C24H26Cl2N4O3. The number of hydrazone groups is 1. The fourth-order valence-corrected chi connectivity index (χ4v) is 4.66. The lowest BCUT2D eigenvalue weighted by Crippen LogP contribution is -2.51. The molecule has 2 aromatic carbocycles. The van der Waals surface area contributed by atoms with Gasteiger partial charge in [0.05, 0.1) is 24.9 Å². The van der Waals surface area contributed by atoms with Crippen molar-refractivity contribution in [2.75, 3.05) is 39.3 Å². The molecule has 174 valence electrons. The minimum atomic E-state index is -0.309. The first-order valence-electron chi connectivity index (χ1n) is 11.0. The van der Waals surface area contributed by atoms with Gasteiger partial charge >= 0.3 is 6.09 Å². The van der Waals surface area contributed by atoms with Crippen LogP contribution in [-0.2, 0) is 9.53 Å². The summed E-state index contributed by atoms with van der Waals surface area (Å²) in [6.07, 6.45) is 0.214. The van der Waals surface area contributed by atoms with Gasteiger partial charge in [-0.1, -0.05) is 59.6 Å². The van der Waals surface area contributed by atoms with Gasteiger partial charge in [0.1, 0.15) is 0 Å². The number of benzene rings is 2. The van der Waals surface area contributed by atoms with Gasteiger partial charge in [0, 0.05) is 48.2 Å². The SMILES string of the molecule is CCOC(=O)N1CCN(CC(=O)N2N=C(c3ccccc3Cl)C[C@@H]2c2ccccc2Cl)CC1. The van der Waals surface area contributed by atoms with Crippen LogP contribution in [0.3, 0.4) is 0 Å². The van der Waals surface area contributed by atoms with E-state index in [0.717, 1.165) is 16.8 Å². The molecule has 0 unspecified atom stereocenters. The number of piperazine rings is 1. The van der Waals surface area contributed by atoms with Crippen LogP contribution in [0.5, 0.6) is 0 Å². The van der Waals surface area contributed by atoms with Gasteiger partial charge in [-0.15, -0.1) is 0 Å². The Bertz CT molecular complexity index is 1050. The molecule has 0 saturated carbocycles. The third-order valence-corrected chi connectivity index (χ3v) is 6.55. The lowest BCUT2D eigenvalue weighted by atomic mass is 9.98. The fourth-order valence-electron chi connectivity index (χ4n) is 4.15. The van der Waals surface area contributed by atoms with Crippen molar-refractivity contribution in [2.45, 2.75) is 19.4 Å². The Balaban J connectivity index is 1.51. The maximum absolute atomic E-state index is 13.4. The molecule has 0 N–H and O–H groups in total. The zero-order valence-corrected chi connectivity index (χ0v) is 19.9. The quantitative estimate of drug-likeness (QED) is 0.623. The molecule has 4 rings (SSSR count). The average molecular weight is 489 g/mol. The summed E-state index contributed by atoms with van der Waals surface area (Å²) in [7, 11) is 0. The van der Waals surface area contributed by atoms with Crippen molar-refractivity contribution in [3.05, 3.63) is 69.7 Å². The van der Waals surface area contributed by atoms with Crippen molar-refractivity contribution >= 4 is 40.9 Å². The first-order chi connectivity index (χ1) is 16.0. The molecule has 0 spiro atoms. The number of nitrogens with zero attached hydrogens (tertiary/aromatic N) is 4. The number of carbonyl (C=O) groups excluding carboxylic acids is 2. The van der Waals surface area contributed by atoms with Gasteiger partial charge in [-0.25, -0.2) is 9.80 Å². The molecule has 0 aliphatic carbocycles. The molecular weight excluding hydrogens is 463 g/mol. The van der Waals surface area contributed by atoms with Crippen molar-refractivity contribution in [3.8, 4) is 0 Å². The van der Waals surface area contributed by atoms with Gasteiger partial charge < -0.3 is 9.64 Å². The highest BCUT2D eigenvalue weighted by Gasteiger charge is 2.35. The second kappa shape index (κ2) is 10.5. The Labute approximate surface area is 203 Å². The highest BCUT2D eigenvalue weighted by atomic mass is 35.5. The predicted octanol–water partition coefficient (Wildman–Crippen LogP) is 4.45. The summed E-state index contributed by atoms with van der Waals surface area (Å²) in [5.41, 5.74) is 2.42. The third-order valence-electron chi connectivity index (χ3n) is 5.87. The van der Waals surface area contributed by atoms with Crippen molar-refractivity contribution < 1.29 is 14.3 Å². The van der Waals surface area contributed by atoms with Crippen LogP contribution >= 0.6 is 23.2 Å². The summed E-state index contributed by atoms with van der Waals surface area (Å²) >= 11 is 12.9. The number of rotatable bonds is 5. The molecule has 0 aromatic heterocycles. The monoisotopic (exact) mass is 488 g/mol. The van der Waals surface area contributed by atoms with E-state index in [1.807, 2.05) is 53.4 Å². The maximum Gasteiger partial charge on any atom is 0.409 e. The molecule has 2 amide bonds. The van der Waals surface area contributed by atoms with E-state index in [4.69, 9.17) is 33.0 Å². The highest BCUT2D eigenvalue weighted by molar-refractivity contribution is 6.34.